The first-order valence-electron chi connectivity index (χ1n) is 6.07. The molecule has 0 bridgehead atoms. The van der Waals surface area contributed by atoms with Gasteiger partial charge < -0.3 is 20.3 Å². The van der Waals surface area contributed by atoms with Gasteiger partial charge in [0, 0.05) is 19.8 Å². The summed E-state index contributed by atoms with van der Waals surface area (Å²) in [4.78, 5) is 24.4. The van der Waals surface area contributed by atoms with Crippen LogP contribution in [0.5, 0.6) is 5.75 Å². The molecule has 0 saturated carbocycles. The average molecular weight is 263 g/mol. The zero-order chi connectivity index (χ0) is 13.8. The van der Waals surface area contributed by atoms with Crippen molar-refractivity contribution in [1.29, 1.82) is 0 Å². The predicted molar refractivity (Wildman–Crippen MR) is 72.4 cm³/mol. The molecule has 1 aliphatic rings. The second kappa shape index (κ2) is 5.60. The van der Waals surface area contributed by atoms with E-state index in [4.69, 9.17) is 4.74 Å². The zero-order valence-corrected chi connectivity index (χ0v) is 11.0. The van der Waals surface area contributed by atoms with Crippen molar-refractivity contribution in [3.05, 3.63) is 18.2 Å². The van der Waals surface area contributed by atoms with Crippen LogP contribution in [0.25, 0.3) is 0 Å². The van der Waals surface area contributed by atoms with Crippen LogP contribution in [0.1, 0.15) is 6.42 Å². The molecule has 2 rings (SSSR count). The highest BCUT2D eigenvalue weighted by Crippen LogP contribution is 2.29. The third kappa shape index (κ3) is 3.37. The average Bonchev–Trinajstić information content (AvgIpc) is 2.55. The third-order valence-corrected chi connectivity index (χ3v) is 2.78. The summed E-state index contributed by atoms with van der Waals surface area (Å²) < 4.78 is 5.45. The Morgan fingerprint density at radius 1 is 1.47 bits per heavy atom. The summed E-state index contributed by atoms with van der Waals surface area (Å²) in [6.07, 6.45) is 0.344. The van der Waals surface area contributed by atoms with Crippen molar-refractivity contribution >= 4 is 23.2 Å². The van der Waals surface area contributed by atoms with E-state index in [1.54, 1.807) is 26.2 Å². The van der Waals surface area contributed by atoms with Crippen LogP contribution in [-0.4, -0.2) is 44.0 Å². The molecule has 0 unspecified atom stereocenters. The van der Waals surface area contributed by atoms with Gasteiger partial charge in [-0.3, -0.25) is 9.59 Å². The molecule has 2 N–H and O–H groups in total. The number of nitrogens with zero attached hydrogens (tertiary/aromatic N) is 1. The molecule has 6 nitrogen and oxygen atoms in total. The minimum Gasteiger partial charge on any atom is -0.491 e. The largest absolute Gasteiger partial charge is 0.491 e. The van der Waals surface area contributed by atoms with Gasteiger partial charge in [0.15, 0.2) is 0 Å². The SMILES string of the molecule is CN(C)C(=O)CNc1ccc2c(c1)NC(=O)CCO2. The van der Waals surface area contributed by atoms with Crippen molar-refractivity contribution in [2.24, 2.45) is 0 Å². The molecule has 0 atom stereocenters. The van der Waals surface area contributed by atoms with Crippen molar-refractivity contribution in [3.8, 4) is 5.75 Å². The number of fused-ring (bicyclic) bond motifs is 1. The number of benzene rings is 1. The normalized spacial score (nSPS) is 13.7. The quantitative estimate of drug-likeness (QED) is 0.850. The number of rotatable bonds is 3. The Morgan fingerprint density at radius 3 is 3.00 bits per heavy atom. The van der Waals surface area contributed by atoms with Gasteiger partial charge in [-0.15, -0.1) is 0 Å². The maximum atomic E-state index is 11.5. The second-order valence-corrected chi connectivity index (χ2v) is 4.50. The van der Waals surface area contributed by atoms with E-state index in [-0.39, 0.29) is 18.4 Å². The maximum Gasteiger partial charge on any atom is 0.241 e. The number of hydrogen-bond donors (Lipinski definition) is 2. The smallest absolute Gasteiger partial charge is 0.241 e. The van der Waals surface area contributed by atoms with Gasteiger partial charge in [0.1, 0.15) is 5.75 Å². The molecule has 1 aromatic carbocycles. The zero-order valence-electron chi connectivity index (χ0n) is 11.0. The molecule has 2 amide bonds. The van der Waals surface area contributed by atoms with Crippen LogP contribution in [-0.2, 0) is 9.59 Å². The van der Waals surface area contributed by atoms with Crippen molar-refractivity contribution in [2.45, 2.75) is 6.42 Å². The Labute approximate surface area is 111 Å². The molecule has 0 aromatic heterocycles. The van der Waals surface area contributed by atoms with Crippen LogP contribution in [0.3, 0.4) is 0 Å². The fourth-order valence-electron chi connectivity index (χ4n) is 1.67. The first kappa shape index (κ1) is 13.2. The molecule has 6 heteroatoms. The Hall–Kier alpha value is -2.24. The van der Waals surface area contributed by atoms with Crippen LogP contribution in [0.4, 0.5) is 11.4 Å². The molecule has 0 spiro atoms. The number of nitrogens with one attached hydrogen (secondary N) is 2. The van der Waals surface area contributed by atoms with Crippen molar-refractivity contribution in [1.82, 2.24) is 4.90 Å². The molecular weight excluding hydrogens is 246 g/mol. The highest BCUT2D eigenvalue weighted by molar-refractivity contribution is 5.93. The standard InChI is InChI=1S/C13H17N3O3/c1-16(2)13(18)8-14-9-3-4-11-10(7-9)15-12(17)5-6-19-11/h3-4,7,14H,5-6,8H2,1-2H3,(H,15,17). The molecule has 1 heterocycles. The minimum atomic E-state index is -0.0692. The van der Waals surface area contributed by atoms with Gasteiger partial charge in [0.25, 0.3) is 0 Å². The molecule has 1 aliphatic heterocycles. The van der Waals surface area contributed by atoms with Crippen LogP contribution < -0.4 is 15.4 Å². The number of anilines is 2. The lowest BCUT2D eigenvalue weighted by molar-refractivity contribution is -0.126. The molecule has 0 radical (unpaired) electrons. The molecular formula is C13H17N3O3. The van der Waals surface area contributed by atoms with Gasteiger partial charge >= 0.3 is 0 Å². The van der Waals surface area contributed by atoms with Crippen LogP contribution >= 0.6 is 0 Å². The topological polar surface area (TPSA) is 70.7 Å². The lowest BCUT2D eigenvalue weighted by Gasteiger charge is -2.13. The fourth-order valence-corrected chi connectivity index (χ4v) is 1.67. The van der Waals surface area contributed by atoms with Crippen molar-refractivity contribution in [2.75, 3.05) is 37.9 Å². The minimum absolute atomic E-state index is 0.0183. The lowest BCUT2D eigenvalue weighted by atomic mass is 10.2. The summed E-state index contributed by atoms with van der Waals surface area (Å²) in [7, 11) is 3.41. The van der Waals surface area contributed by atoms with E-state index in [2.05, 4.69) is 10.6 Å². The summed E-state index contributed by atoms with van der Waals surface area (Å²) in [6.45, 7) is 0.589. The predicted octanol–water partition coefficient (Wildman–Crippen LogP) is 0.908. The molecule has 0 saturated heterocycles. The van der Waals surface area contributed by atoms with Gasteiger partial charge in [-0.25, -0.2) is 0 Å². The van der Waals surface area contributed by atoms with Gasteiger partial charge in [0.05, 0.1) is 25.3 Å². The van der Waals surface area contributed by atoms with E-state index in [0.717, 1.165) is 5.69 Å². The van der Waals surface area contributed by atoms with Gasteiger partial charge in [0.2, 0.25) is 11.8 Å². The molecule has 102 valence electrons. The van der Waals surface area contributed by atoms with E-state index in [9.17, 15) is 9.59 Å². The third-order valence-electron chi connectivity index (χ3n) is 2.78. The Bertz CT molecular complexity index is 500. The van der Waals surface area contributed by atoms with Crippen molar-refractivity contribution in [3.63, 3.8) is 0 Å². The van der Waals surface area contributed by atoms with E-state index in [1.165, 1.54) is 4.90 Å². The number of carbonyl (C=O) groups is 2. The molecule has 1 aromatic rings. The molecule has 0 fully saturated rings. The Balaban J connectivity index is 2.07. The van der Waals surface area contributed by atoms with E-state index < -0.39 is 0 Å². The fraction of sp³-hybridized carbons (Fsp3) is 0.385. The van der Waals surface area contributed by atoms with Crippen LogP contribution in [0.2, 0.25) is 0 Å². The number of amides is 2. The van der Waals surface area contributed by atoms with E-state index >= 15 is 0 Å². The number of carbonyl (C=O) groups excluding carboxylic acids is 2. The van der Waals surface area contributed by atoms with Gasteiger partial charge in [-0.05, 0) is 18.2 Å². The summed E-state index contributed by atoms with van der Waals surface area (Å²) in [5, 5.41) is 5.79. The number of likely N-dealkylation sites (N-methyl/N-ethyl adjacent to an activating group) is 1. The monoisotopic (exact) mass is 263 g/mol. The summed E-state index contributed by atoms with van der Waals surface area (Å²) in [5.41, 5.74) is 1.39. The van der Waals surface area contributed by atoms with E-state index in [1.807, 2.05) is 6.07 Å². The van der Waals surface area contributed by atoms with Gasteiger partial charge in [-0.1, -0.05) is 0 Å². The Kier molecular flexibility index (Phi) is 3.89. The summed E-state index contributed by atoms with van der Waals surface area (Å²) in [6, 6.07) is 5.37. The lowest BCUT2D eigenvalue weighted by Crippen LogP contribution is -2.28. The van der Waals surface area contributed by atoms with Gasteiger partial charge in [-0.2, -0.15) is 0 Å². The number of hydrogen-bond acceptors (Lipinski definition) is 4. The highest BCUT2D eigenvalue weighted by Gasteiger charge is 2.14. The van der Waals surface area contributed by atoms with Crippen molar-refractivity contribution < 1.29 is 14.3 Å². The first-order chi connectivity index (χ1) is 9.06. The van der Waals surface area contributed by atoms with Crippen LogP contribution in [0, 0.1) is 0 Å². The molecule has 0 aliphatic carbocycles. The number of ether oxygens (including phenoxy) is 1. The maximum absolute atomic E-state index is 11.5. The summed E-state index contributed by atoms with van der Waals surface area (Å²) in [5.74, 6) is 0.561. The first-order valence-corrected chi connectivity index (χ1v) is 6.07. The Morgan fingerprint density at radius 2 is 2.26 bits per heavy atom. The molecule has 19 heavy (non-hydrogen) atoms. The second-order valence-electron chi connectivity index (χ2n) is 4.50. The van der Waals surface area contributed by atoms with E-state index in [0.29, 0.717) is 24.5 Å². The highest BCUT2D eigenvalue weighted by atomic mass is 16.5. The van der Waals surface area contributed by atoms with Crippen LogP contribution in [0.15, 0.2) is 18.2 Å². The summed E-state index contributed by atoms with van der Waals surface area (Å²) >= 11 is 0.